The van der Waals surface area contributed by atoms with Crippen LogP contribution in [0.2, 0.25) is 0 Å². The van der Waals surface area contributed by atoms with Crippen LogP contribution >= 0.6 is 0 Å². The molecule has 6 nitrogen and oxygen atoms in total. The normalized spacial score (nSPS) is 16.4. The molecule has 0 unspecified atom stereocenters. The van der Waals surface area contributed by atoms with Crippen LogP contribution in [-0.4, -0.2) is 21.5 Å². The van der Waals surface area contributed by atoms with Gasteiger partial charge >= 0.3 is 6.18 Å². The predicted molar refractivity (Wildman–Crippen MR) is 87.9 cm³/mol. The van der Waals surface area contributed by atoms with Crippen LogP contribution in [0.4, 0.5) is 18.9 Å². The van der Waals surface area contributed by atoms with Crippen molar-refractivity contribution in [3.8, 4) is 5.69 Å². The fourth-order valence-corrected chi connectivity index (χ4v) is 3.27. The second-order valence-electron chi connectivity index (χ2n) is 7.16. The Morgan fingerprint density at radius 3 is 2.46 bits per heavy atom. The van der Waals surface area contributed by atoms with E-state index in [0.717, 1.165) is 4.68 Å². The van der Waals surface area contributed by atoms with Crippen molar-refractivity contribution in [1.82, 2.24) is 9.78 Å². The summed E-state index contributed by atoms with van der Waals surface area (Å²) in [7, 11) is 0. The molecule has 1 aliphatic rings. The third-order valence-corrected chi connectivity index (χ3v) is 4.36. The minimum atomic E-state index is -4.76. The summed E-state index contributed by atoms with van der Waals surface area (Å²) in [6.07, 6.45) is -4.50. The molecular weight excluding hydrogens is 349 g/mol. The predicted octanol–water partition coefficient (Wildman–Crippen LogP) is 2.73. The molecule has 2 aromatic rings. The number of benzene rings is 1. The lowest BCUT2D eigenvalue weighted by molar-refractivity contribution is -0.141. The van der Waals surface area contributed by atoms with Crippen LogP contribution in [0.15, 0.2) is 18.2 Å². The topological polar surface area (TPSA) is 104 Å². The van der Waals surface area contributed by atoms with Gasteiger partial charge in [-0.3, -0.25) is 9.59 Å². The molecule has 0 saturated carbocycles. The summed E-state index contributed by atoms with van der Waals surface area (Å²) in [4.78, 5) is 23.7. The van der Waals surface area contributed by atoms with Crippen molar-refractivity contribution in [1.29, 1.82) is 0 Å². The first-order chi connectivity index (χ1) is 11.9. The molecule has 26 heavy (non-hydrogen) atoms. The van der Waals surface area contributed by atoms with Crippen LogP contribution in [0.25, 0.3) is 5.69 Å². The number of fused-ring (bicyclic) bond motifs is 1. The lowest BCUT2D eigenvalue weighted by atomic mass is 9.75. The molecule has 0 saturated heterocycles. The highest BCUT2D eigenvalue weighted by atomic mass is 19.4. The Hall–Kier alpha value is -2.84. The number of amides is 1. The number of nitrogen functional groups attached to an aromatic ring is 1. The maximum atomic E-state index is 13.4. The third-order valence-electron chi connectivity index (χ3n) is 4.36. The summed E-state index contributed by atoms with van der Waals surface area (Å²) in [6.45, 7) is 3.62. The molecule has 138 valence electrons. The largest absolute Gasteiger partial charge is 0.435 e. The number of carbonyl (C=O) groups is 2. The Labute approximate surface area is 147 Å². The number of anilines is 1. The minimum Gasteiger partial charge on any atom is -0.398 e. The van der Waals surface area contributed by atoms with Crippen LogP contribution in [0.1, 0.15) is 52.4 Å². The average molecular weight is 366 g/mol. The molecule has 1 aromatic carbocycles. The molecule has 0 bridgehead atoms. The van der Waals surface area contributed by atoms with E-state index in [2.05, 4.69) is 5.10 Å². The molecule has 9 heteroatoms. The van der Waals surface area contributed by atoms with Gasteiger partial charge in [0.15, 0.2) is 11.5 Å². The highest BCUT2D eigenvalue weighted by molar-refractivity contribution is 6.00. The molecule has 0 spiro atoms. The Bertz CT molecular complexity index is 929. The first-order valence-corrected chi connectivity index (χ1v) is 7.83. The van der Waals surface area contributed by atoms with E-state index in [1.807, 2.05) is 13.8 Å². The highest BCUT2D eigenvalue weighted by Gasteiger charge is 2.45. The van der Waals surface area contributed by atoms with Crippen molar-refractivity contribution in [3.63, 3.8) is 0 Å². The van der Waals surface area contributed by atoms with Gasteiger partial charge in [0.2, 0.25) is 0 Å². The SMILES string of the molecule is CC1(C)CC(=O)c2c(C(F)(F)F)nn(-c3ccc(C(N)=O)c(N)c3)c2C1. The van der Waals surface area contributed by atoms with Gasteiger partial charge in [-0.25, -0.2) is 4.68 Å². The number of nitrogens with two attached hydrogens (primary N) is 2. The third kappa shape index (κ3) is 2.93. The van der Waals surface area contributed by atoms with Gasteiger partial charge in [0.25, 0.3) is 5.91 Å². The van der Waals surface area contributed by atoms with Crippen LogP contribution in [0.5, 0.6) is 0 Å². The zero-order valence-corrected chi connectivity index (χ0v) is 14.1. The first kappa shape index (κ1) is 18.0. The van der Waals surface area contributed by atoms with E-state index in [0.29, 0.717) is 0 Å². The summed E-state index contributed by atoms with van der Waals surface area (Å²) >= 11 is 0. The van der Waals surface area contributed by atoms with E-state index in [9.17, 15) is 22.8 Å². The Morgan fingerprint density at radius 1 is 1.27 bits per heavy atom. The number of ketones is 1. The number of nitrogens with zero attached hydrogens (tertiary/aromatic N) is 2. The molecule has 3 rings (SSSR count). The van der Waals surface area contributed by atoms with Crippen molar-refractivity contribution in [2.75, 3.05) is 5.73 Å². The molecule has 0 radical (unpaired) electrons. The van der Waals surface area contributed by atoms with Gasteiger partial charge < -0.3 is 11.5 Å². The van der Waals surface area contributed by atoms with E-state index < -0.39 is 34.5 Å². The summed E-state index contributed by atoms with van der Waals surface area (Å²) in [5.74, 6) is -1.33. The van der Waals surface area contributed by atoms with E-state index in [-0.39, 0.29) is 35.5 Å². The fourth-order valence-electron chi connectivity index (χ4n) is 3.27. The van der Waals surface area contributed by atoms with Gasteiger partial charge in [-0.2, -0.15) is 18.3 Å². The highest BCUT2D eigenvalue weighted by Crippen LogP contribution is 2.41. The molecule has 0 aliphatic heterocycles. The van der Waals surface area contributed by atoms with Crippen molar-refractivity contribution in [3.05, 3.63) is 40.7 Å². The van der Waals surface area contributed by atoms with Gasteiger partial charge in [-0.1, -0.05) is 13.8 Å². The lowest BCUT2D eigenvalue weighted by Crippen LogP contribution is -2.29. The van der Waals surface area contributed by atoms with Gasteiger partial charge in [-0.15, -0.1) is 0 Å². The summed E-state index contributed by atoms with van der Waals surface area (Å²) in [5, 5.41) is 3.66. The molecule has 1 amide bonds. The number of carbonyl (C=O) groups excluding carboxylic acids is 2. The zero-order valence-electron chi connectivity index (χ0n) is 14.1. The van der Waals surface area contributed by atoms with Crippen molar-refractivity contribution < 1.29 is 22.8 Å². The van der Waals surface area contributed by atoms with E-state index in [4.69, 9.17) is 11.5 Å². The average Bonchev–Trinajstić information content (AvgIpc) is 2.84. The monoisotopic (exact) mass is 366 g/mol. The molecule has 1 aromatic heterocycles. The Morgan fingerprint density at radius 2 is 1.92 bits per heavy atom. The molecule has 0 fully saturated rings. The van der Waals surface area contributed by atoms with Crippen LogP contribution < -0.4 is 11.5 Å². The smallest absolute Gasteiger partial charge is 0.398 e. The van der Waals surface area contributed by atoms with Crippen LogP contribution in [-0.2, 0) is 12.6 Å². The van der Waals surface area contributed by atoms with Crippen LogP contribution in [0.3, 0.4) is 0 Å². The van der Waals surface area contributed by atoms with Crippen LogP contribution in [0, 0.1) is 5.41 Å². The number of halogens is 3. The van der Waals surface area contributed by atoms with Crippen molar-refractivity contribution in [2.24, 2.45) is 11.1 Å². The lowest BCUT2D eigenvalue weighted by Gasteiger charge is -2.29. The zero-order chi connectivity index (χ0) is 19.4. The number of aromatic nitrogens is 2. The number of rotatable bonds is 2. The van der Waals surface area contributed by atoms with E-state index >= 15 is 0 Å². The summed E-state index contributed by atoms with van der Waals surface area (Å²) < 4.78 is 41.3. The van der Waals surface area contributed by atoms with Crippen molar-refractivity contribution >= 4 is 17.4 Å². The quantitative estimate of drug-likeness (QED) is 0.798. The first-order valence-electron chi connectivity index (χ1n) is 7.83. The fraction of sp³-hybridized carbons (Fsp3) is 0.353. The molecule has 0 atom stereocenters. The Balaban J connectivity index is 2.25. The number of Topliss-reactive ketones (excluding diaryl/α,β-unsaturated/α-hetero) is 1. The standard InChI is InChI=1S/C17H17F3N4O2/c1-16(2)6-11-13(12(25)7-16)14(17(18,19)20)23-24(11)8-3-4-9(15(22)26)10(21)5-8/h3-5H,6-7,21H2,1-2H3,(H2,22,26). The number of hydrogen-bond acceptors (Lipinski definition) is 4. The van der Waals surface area contributed by atoms with Crippen molar-refractivity contribution in [2.45, 2.75) is 32.9 Å². The minimum absolute atomic E-state index is 0.0114. The number of primary amides is 1. The van der Waals surface area contributed by atoms with Gasteiger partial charge in [0, 0.05) is 12.1 Å². The second kappa shape index (κ2) is 5.58. The summed E-state index contributed by atoms with van der Waals surface area (Å²) in [6, 6.07) is 4.04. The van der Waals surface area contributed by atoms with Gasteiger partial charge in [-0.05, 0) is 30.0 Å². The number of hydrogen-bond donors (Lipinski definition) is 2. The number of alkyl halides is 3. The van der Waals surface area contributed by atoms with E-state index in [1.54, 1.807) is 0 Å². The maximum absolute atomic E-state index is 13.4. The summed E-state index contributed by atoms with van der Waals surface area (Å²) in [5.41, 5.74) is 9.37. The van der Waals surface area contributed by atoms with Gasteiger partial charge in [0.1, 0.15) is 0 Å². The molecule has 1 heterocycles. The maximum Gasteiger partial charge on any atom is 0.435 e. The van der Waals surface area contributed by atoms with E-state index in [1.165, 1.54) is 18.2 Å². The molecular formula is C17H17F3N4O2. The van der Waals surface area contributed by atoms with Gasteiger partial charge in [0.05, 0.1) is 22.5 Å². The Kier molecular flexibility index (Phi) is 3.86. The second-order valence-corrected chi connectivity index (χ2v) is 7.16. The molecule has 4 N–H and O–H groups in total. The molecule has 1 aliphatic carbocycles.